The summed E-state index contributed by atoms with van der Waals surface area (Å²) >= 11 is 7.61. The smallest absolute Gasteiger partial charge is 0.268 e. The van der Waals surface area contributed by atoms with Gasteiger partial charge in [-0.2, -0.15) is 5.26 Å². The van der Waals surface area contributed by atoms with Gasteiger partial charge >= 0.3 is 0 Å². The molecule has 1 atom stereocenters. The molecule has 0 aliphatic carbocycles. The zero-order valence-electron chi connectivity index (χ0n) is 17.0. The topological polar surface area (TPSA) is 64.4 Å². The van der Waals surface area contributed by atoms with Crippen molar-refractivity contribution in [2.24, 2.45) is 0 Å². The molecule has 5 rings (SSSR count). The molecule has 2 heterocycles. The minimum Gasteiger partial charge on any atom is -0.311 e. The van der Waals surface area contributed by atoms with Gasteiger partial charge in [0.1, 0.15) is 0 Å². The van der Waals surface area contributed by atoms with E-state index in [1.54, 1.807) is 46.2 Å². The molecular formula is C25H18ClN3O2S. The average Bonchev–Trinajstić information content (AvgIpc) is 3.36. The molecule has 0 aromatic heterocycles. The third kappa shape index (κ3) is 3.17. The fourth-order valence-corrected chi connectivity index (χ4v) is 6.08. The van der Waals surface area contributed by atoms with Gasteiger partial charge in [-0.3, -0.25) is 9.59 Å². The minimum atomic E-state index is -1.11. The normalized spacial score (nSPS) is 19.3. The van der Waals surface area contributed by atoms with Crippen LogP contribution >= 0.6 is 23.4 Å². The predicted octanol–water partition coefficient (Wildman–Crippen LogP) is 4.80. The van der Waals surface area contributed by atoms with Crippen molar-refractivity contribution >= 4 is 40.9 Å². The van der Waals surface area contributed by atoms with E-state index in [4.69, 9.17) is 11.6 Å². The number of nitrogens with zero attached hydrogens (tertiary/aromatic N) is 3. The standard InChI is InChI=1S/C25H18ClN3O2S/c26-20-8-4-7-19(14-20)23(30)29-11-12-32-25(29)21-9-1-2-10-22(21)28(24(25)31)16-18-6-3-5-17(13-18)15-27/h1-10,13-14H,11-12,16H2. The lowest BCUT2D eigenvalue weighted by Gasteiger charge is -2.33. The third-order valence-corrected chi connectivity index (χ3v) is 7.47. The SMILES string of the molecule is N#Cc1cccc(CN2C(=O)C3(SCCN3C(=O)c3cccc(Cl)c3)c3ccccc32)c1. The molecule has 3 aromatic carbocycles. The van der Waals surface area contributed by atoms with Crippen molar-refractivity contribution in [1.82, 2.24) is 4.90 Å². The second kappa shape index (κ2) is 8.01. The van der Waals surface area contributed by atoms with Crippen LogP contribution in [0.5, 0.6) is 0 Å². The second-order valence-corrected chi connectivity index (χ2v) is 9.40. The number of thioether (sulfide) groups is 1. The first-order chi connectivity index (χ1) is 15.5. The lowest BCUT2D eigenvalue weighted by molar-refractivity contribution is -0.123. The van der Waals surface area contributed by atoms with E-state index in [2.05, 4.69) is 6.07 Å². The maximum atomic E-state index is 14.0. The Hall–Kier alpha value is -3.27. The Bertz CT molecular complexity index is 1290. The molecule has 0 radical (unpaired) electrons. The zero-order chi connectivity index (χ0) is 22.3. The Morgan fingerprint density at radius 1 is 1.09 bits per heavy atom. The molecule has 158 valence electrons. The zero-order valence-corrected chi connectivity index (χ0v) is 18.6. The van der Waals surface area contributed by atoms with E-state index in [-0.39, 0.29) is 11.8 Å². The molecule has 2 amide bonds. The van der Waals surface area contributed by atoms with Crippen LogP contribution in [0, 0.1) is 11.3 Å². The van der Waals surface area contributed by atoms with Crippen LogP contribution < -0.4 is 4.90 Å². The quantitative estimate of drug-likeness (QED) is 0.564. The molecule has 2 aliphatic rings. The number of benzene rings is 3. The van der Waals surface area contributed by atoms with Crippen LogP contribution in [0.15, 0.2) is 72.8 Å². The van der Waals surface area contributed by atoms with Gasteiger partial charge in [0, 0.05) is 28.4 Å². The Morgan fingerprint density at radius 2 is 1.91 bits per heavy atom. The Labute approximate surface area is 195 Å². The van der Waals surface area contributed by atoms with E-state index < -0.39 is 4.87 Å². The number of hydrogen-bond acceptors (Lipinski definition) is 4. The summed E-state index contributed by atoms with van der Waals surface area (Å²) in [6.07, 6.45) is 0. The highest BCUT2D eigenvalue weighted by Crippen LogP contribution is 2.54. The fourth-order valence-electron chi connectivity index (χ4n) is 4.42. The van der Waals surface area contributed by atoms with Gasteiger partial charge in [0.25, 0.3) is 11.8 Å². The number of carbonyl (C=O) groups excluding carboxylic acids is 2. The molecule has 0 N–H and O–H groups in total. The summed E-state index contributed by atoms with van der Waals surface area (Å²) in [6.45, 7) is 0.792. The van der Waals surface area contributed by atoms with Crippen molar-refractivity contribution in [1.29, 1.82) is 5.26 Å². The van der Waals surface area contributed by atoms with Crippen molar-refractivity contribution in [3.05, 3.63) is 100 Å². The minimum absolute atomic E-state index is 0.140. The van der Waals surface area contributed by atoms with E-state index in [0.717, 1.165) is 16.8 Å². The molecule has 2 aliphatic heterocycles. The van der Waals surface area contributed by atoms with Crippen molar-refractivity contribution in [3.8, 4) is 6.07 Å². The van der Waals surface area contributed by atoms with Gasteiger partial charge in [0.15, 0.2) is 4.87 Å². The number of amides is 2. The molecule has 3 aromatic rings. The summed E-state index contributed by atoms with van der Waals surface area (Å²) in [5.41, 5.74) is 3.48. The molecule has 1 saturated heterocycles. The summed E-state index contributed by atoms with van der Waals surface area (Å²) in [5, 5.41) is 9.72. The average molecular weight is 460 g/mol. The lowest BCUT2D eigenvalue weighted by atomic mass is 10.0. The van der Waals surface area contributed by atoms with Gasteiger partial charge in [-0.25, -0.2) is 0 Å². The molecule has 32 heavy (non-hydrogen) atoms. The van der Waals surface area contributed by atoms with Gasteiger partial charge < -0.3 is 9.80 Å². The highest BCUT2D eigenvalue weighted by molar-refractivity contribution is 8.01. The van der Waals surface area contributed by atoms with Crippen molar-refractivity contribution in [2.75, 3.05) is 17.2 Å². The summed E-state index contributed by atoms with van der Waals surface area (Å²) < 4.78 is 0. The van der Waals surface area contributed by atoms with E-state index in [1.807, 2.05) is 36.4 Å². The van der Waals surface area contributed by atoms with Gasteiger partial charge in [0.2, 0.25) is 0 Å². The number of carbonyl (C=O) groups is 2. The number of para-hydroxylation sites is 1. The number of rotatable bonds is 3. The molecule has 1 unspecified atom stereocenters. The van der Waals surface area contributed by atoms with E-state index >= 15 is 0 Å². The predicted molar refractivity (Wildman–Crippen MR) is 125 cm³/mol. The second-order valence-electron chi connectivity index (χ2n) is 7.68. The van der Waals surface area contributed by atoms with Crippen molar-refractivity contribution in [2.45, 2.75) is 11.4 Å². The van der Waals surface area contributed by atoms with E-state index in [9.17, 15) is 14.9 Å². The number of anilines is 1. The van der Waals surface area contributed by atoms with E-state index in [1.165, 1.54) is 11.8 Å². The molecule has 1 fully saturated rings. The Kier molecular flexibility index (Phi) is 5.16. The van der Waals surface area contributed by atoms with Crippen LogP contribution in [0.4, 0.5) is 5.69 Å². The van der Waals surface area contributed by atoms with Crippen LogP contribution in [-0.2, 0) is 16.2 Å². The maximum Gasteiger partial charge on any atom is 0.268 e. The summed E-state index contributed by atoms with van der Waals surface area (Å²) in [5.74, 6) is 0.303. The highest BCUT2D eigenvalue weighted by Gasteiger charge is 2.59. The van der Waals surface area contributed by atoms with Crippen LogP contribution in [0.25, 0.3) is 0 Å². The van der Waals surface area contributed by atoms with Crippen molar-refractivity contribution < 1.29 is 9.59 Å². The monoisotopic (exact) mass is 459 g/mol. The van der Waals surface area contributed by atoms with E-state index in [0.29, 0.717) is 35.0 Å². The first-order valence-electron chi connectivity index (χ1n) is 10.2. The summed E-state index contributed by atoms with van der Waals surface area (Å²) in [6, 6.07) is 23.8. The molecular weight excluding hydrogens is 442 g/mol. The molecule has 0 bridgehead atoms. The molecule has 7 heteroatoms. The largest absolute Gasteiger partial charge is 0.311 e. The van der Waals surface area contributed by atoms with Gasteiger partial charge in [-0.15, -0.1) is 11.8 Å². The molecule has 0 saturated carbocycles. The van der Waals surface area contributed by atoms with Gasteiger partial charge in [-0.1, -0.05) is 48.0 Å². The van der Waals surface area contributed by atoms with Crippen LogP contribution in [0.2, 0.25) is 5.02 Å². The molecule has 1 spiro atoms. The van der Waals surface area contributed by atoms with Crippen LogP contribution in [-0.4, -0.2) is 29.0 Å². The summed E-state index contributed by atoms with van der Waals surface area (Å²) in [7, 11) is 0. The lowest BCUT2D eigenvalue weighted by Crippen LogP contribution is -2.50. The first-order valence-corrected chi connectivity index (χ1v) is 11.5. The fraction of sp³-hybridized carbons (Fsp3) is 0.160. The maximum absolute atomic E-state index is 14.0. The first kappa shape index (κ1) is 20.6. The Balaban J connectivity index is 1.57. The number of halogens is 1. The molecule has 5 nitrogen and oxygen atoms in total. The summed E-state index contributed by atoms with van der Waals surface area (Å²) in [4.78, 5) is 29.8. The van der Waals surface area contributed by atoms with Gasteiger partial charge in [-0.05, 0) is 42.0 Å². The Morgan fingerprint density at radius 3 is 2.72 bits per heavy atom. The number of fused-ring (bicyclic) bond motifs is 2. The number of hydrogen-bond donors (Lipinski definition) is 0. The number of nitriles is 1. The highest BCUT2D eigenvalue weighted by atomic mass is 35.5. The van der Waals surface area contributed by atoms with Crippen LogP contribution in [0.1, 0.15) is 27.0 Å². The van der Waals surface area contributed by atoms with Gasteiger partial charge in [0.05, 0.1) is 23.9 Å². The third-order valence-electron chi connectivity index (χ3n) is 5.81. The van der Waals surface area contributed by atoms with Crippen molar-refractivity contribution in [3.63, 3.8) is 0 Å². The van der Waals surface area contributed by atoms with Crippen LogP contribution in [0.3, 0.4) is 0 Å².